The molecule has 0 amide bonds. The second kappa shape index (κ2) is 5.53. The number of anilines is 2. The van der Waals surface area contributed by atoms with Crippen LogP contribution in [-0.2, 0) is 0 Å². The fourth-order valence-corrected chi connectivity index (χ4v) is 1.96. The van der Waals surface area contributed by atoms with E-state index in [9.17, 15) is 0 Å². The smallest absolute Gasteiger partial charge is 0.0640 e. The maximum absolute atomic E-state index is 8.70. The van der Waals surface area contributed by atoms with Crippen molar-refractivity contribution in [2.24, 2.45) is 0 Å². The first-order valence-corrected chi connectivity index (χ1v) is 6.17. The van der Waals surface area contributed by atoms with Gasteiger partial charge in [0, 0.05) is 19.1 Å². The lowest BCUT2D eigenvalue weighted by Gasteiger charge is -2.23. The summed E-state index contributed by atoms with van der Waals surface area (Å²) in [5.41, 5.74) is 2.17. The van der Waals surface area contributed by atoms with Crippen molar-refractivity contribution in [3.63, 3.8) is 0 Å². The van der Waals surface area contributed by atoms with Crippen LogP contribution >= 0.6 is 0 Å². The molecule has 0 atom stereocenters. The zero-order chi connectivity index (χ0) is 12.1. The minimum absolute atomic E-state index is 0.571. The van der Waals surface area contributed by atoms with E-state index >= 15 is 0 Å². The summed E-state index contributed by atoms with van der Waals surface area (Å²) in [6, 6.07) is 4.94. The Labute approximate surface area is 102 Å². The van der Waals surface area contributed by atoms with Gasteiger partial charge in [0.05, 0.1) is 36.3 Å². The number of hydrogen-bond donors (Lipinski definition) is 1. The molecule has 1 N–H and O–H groups in total. The second-order valence-electron chi connectivity index (χ2n) is 4.29. The zero-order valence-electron chi connectivity index (χ0n) is 10.2. The van der Waals surface area contributed by atoms with Gasteiger partial charge in [0.15, 0.2) is 0 Å². The van der Waals surface area contributed by atoms with Crippen LogP contribution in [0.4, 0.5) is 11.4 Å². The topological polar surface area (TPSA) is 52.0 Å². The molecule has 2 rings (SSSR count). The average Bonchev–Trinajstić information content (AvgIpc) is 3.15. The molecule has 0 unspecified atom stereocenters. The predicted octanol–water partition coefficient (Wildman–Crippen LogP) is 2.40. The maximum Gasteiger partial charge on any atom is 0.0640 e. The first kappa shape index (κ1) is 11.7. The molecule has 4 heteroatoms. The Kier molecular flexibility index (Phi) is 3.81. The van der Waals surface area contributed by atoms with Gasteiger partial charge in [-0.05, 0) is 25.8 Å². The SMILES string of the molecule is CCNc1cncc(N(CCC#N)C2CC2)c1. The van der Waals surface area contributed by atoms with Crippen molar-refractivity contribution in [3.05, 3.63) is 18.5 Å². The van der Waals surface area contributed by atoms with Crippen LogP contribution in [0.2, 0.25) is 0 Å². The molecule has 90 valence electrons. The number of hydrogen-bond acceptors (Lipinski definition) is 4. The van der Waals surface area contributed by atoms with E-state index in [1.165, 1.54) is 12.8 Å². The molecule has 0 spiro atoms. The van der Waals surface area contributed by atoms with Crippen molar-refractivity contribution in [1.29, 1.82) is 5.26 Å². The minimum atomic E-state index is 0.571. The summed E-state index contributed by atoms with van der Waals surface area (Å²) in [4.78, 5) is 6.56. The van der Waals surface area contributed by atoms with Crippen LogP contribution in [0.1, 0.15) is 26.2 Å². The molecule has 1 aromatic heterocycles. The van der Waals surface area contributed by atoms with E-state index in [2.05, 4.69) is 34.3 Å². The molecule has 1 heterocycles. The number of nitrogens with zero attached hydrogens (tertiary/aromatic N) is 3. The van der Waals surface area contributed by atoms with Gasteiger partial charge in [-0.2, -0.15) is 5.26 Å². The monoisotopic (exact) mass is 230 g/mol. The van der Waals surface area contributed by atoms with E-state index in [-0.39, 0.29) is 0 Å². The molecule has 0 saturated heterocycles. The van der Waals surface area contributed by atoms with Gasteiger partial charge in [0.25, 0.3) is 0 Å². The van der Waals surface area contributed by atoms with Crippen molar-refractivity contribution in [1.82, 2.24) is 4.98 Å². The van der Waals surface area contributed by atoms with E-state index in [0.717, 1.165) is 24.5 Å². The van der Waals surface area contributed by atoms with Gasteiger partial charge in [0.1, 0.15) is 0 Å². The number of nitrogens with one attached hydrogen (secondary N) is 1. The largest absolute Gasteiger partial charge is 0.384 e. The highest BCUT2D eigenvalue weighted by atomic mass is 15.2. The third kappa shape index (κ3) is 3.10. The summed E-state index contributed by atoms with van der Waals surface area (Å²) in [5, 5.41) is 12.0. The van der Waals surface area contributed by atoms with Crippen molar-refractivity contribution < 1.29 is 0 Å². The molecule has 1 fully saturated rings. The Bertz CT molecular complexity index is 406. The summed E-state index contributed by atoms with van der Waals surface area (Å²) >= 11 is 0. The summed E-state index contributed by atoms with van der Waals surface area (Å²) < 4.78 is 0. The fourth-order valence-electron chi connectivity index (χ4n) is 1.96. The molecule has 4 nitrogen and oxygen atoms in total. The first-order chi connectivity index (χ1) is 8.35. The van der Waals surface area contributed by atoms with Crippen molar-refractivity contribution in [3.8, 4) is 6.07 Å². The van der Waals surface area contributed by atoms with Crippen LogP contribution in [0.25, 0.3) is 0 Å². The highest BCUT2D eigenvalue weighted by molar-refractivity contribution is 5.56. The quantitative estimate of drug-likeness (QED) is 0.815. The van der Waals surface area contributed by atoms with E-state index in [0.29, 0.717) is 12.5 Å². The molecule has 1 aliphatic rings. The van der Waals surface area contributed by atoms with E-state index in [1.54, 1.807) is 0 Å². The Morgan fingerprint density at radius 2 is 2.35 bits per heavy atom. The molecule has 0 bridgehead atoms. The van der Waals surface area contributed by atoms with E-state index in [4.69, 9.17) is 5.26 Å². The number of pyridine rings is 1. The number of aromatic nitrogens is 1. The van der Waals surface area contributed by atoms with Crippen LogP contribution in [0.15, 0.2) is 18.5 Å². The van der Waals surface area contributed by atoms with Crippen molar-refractivity contribution >= 4 is 11.4 Å². The molecule has 1 saturated carbocycles. The summed E-state index contributed by atoms with van der Waals surface area (Å²) in [6.45, 7) is 3.77. The molecule has 0 radical (unpaired) electrons. The number of nitriles is 1. The molecular formula is C13H18N4. The summed E-state index contributed by atoms with van der Waals surface area (Å²) in [6.07, 6.45) is 6.76. The Morgan fingerprint density at radius 1 is 1.53 bits per heavy atom. The minimum Gasteiger partial charge on any atom is -0.384 e. The van der Waals surface area contributed by atoms with Crippen molar-refractivity contribution in [2.75, 3.05) is 23.3 Å². The van der Waals surface area contributed by atoms with Crippen LogP contribution < -0.4 is 10.2 Å². The predicted molar refractivity (Wildman–Crippen MR) is 69.0 cm³/mol. The van der Waals surface area contributed by atoms with E-state index in [1.807, 2.05) is 12.4 Å². The van der Waals surface area contributed by atoms with Gasteiger partial charge < -0.3 is 10.2 Å². The van der Waals surface area contributed by atoms with E-state index < -0.39 is 0 Å². The molecular weight excluding hydrogens is 212 g/mol. The summed E-state index contributed by atoms with van der Waals surface area (Å²) in [5.74, 6) is 0. The van der Waals surface area contributed by atoms with Crippen LogP contribution in [-0.4, -0.2) is 24.1 Å². The maximum atomic E-state index is 8.70. The number of rotatable bonds is 6. The summed E-state index contributed by atoms with van der Waals surface area (Å²) in [7, 11) is 0. The molecule has 0 aliphatic heterocycles. The van der Waals surface area contributed by atoms with Crippen LogP contribution in [0, 0.1) is 11.3 Å². The van der Waals surface area contributed by atoms with Gasteiger partial charge in [-0.25, -0.2) is 0 Å². The third-order valence-corrected chi connectivity index (χ3v) is 2.89. The van der Waals surface area contributed by atoms with Crippen LogP contribution in [0.3, 0.4) is 0 Å². The molecule has 17 heavy (non-hydrogen) atoms. The standard InChI is InChI=1S/C13H18N4/c1-2-16-11-8-13(10-15-9-11)17(7-3-6-14)12-4-5-12/h8-10,12,16H,2-5,7H2,1H3. The highest BCUT2D eigenvalue weighted by Gasteiger charge is 2.29. The first-order valence-electron chi connectivity index (χ1n) is 6.17. The Hall–Kier alpha value is -1.76. The molecule has 1 aromatic rings. The van der Waals surface area contributed by atoms with Crippen molar-refractivity contribution in [2.45, 2.75) is 32.2 Å². The van der Waals surface area contributed by atoms with Gasteiger partial charge in [0.2, 0.25) is 0 Å². The molecule has 0 aromatic carbocycles. The van der Waals surface area contributed by atoms with Gasteiger partial charge in [-0.1, -0.05) is 0 Å². The average molecular weight is 230 g/mol. The third-order valence-electron chi connectivity index (χ3n) is 2.89. The lowest BCUT2D eigenvalue weighted by atomic mass is 10.3. The van der Waals surface area contributed by atoms with Gasteiger partial charge >= 0.3 is 0 Å². The Morgan fingerprint density at radius 3 is 3.00 bits per heavy atom. The normalized spacial score (nSPS) is 14.1. The lowest BCUT2D eigenvalue weighted by molar-refractivity contribution is 0.791. The van der Waals surface area contributed by atoms with Gasteiger partial charge in [-0.3, -0.25) is 4.98 Å². The Balaban J connectivity index is 2.11. The fraction of sp³-hybridized carbons (Fsp3) is 0.538. The lowest BCUT2D eigenvalue weighted by Crippen LogP contribution is -2.26. The second-order valence-corrected chi connectivity index (χ2v) is 4.29. The van der Waals surface area contributed by atoms with Gasteiger partial charge in [-0.15, -0.1) is 0 Å². The zero-order valence-corrected chi connectivity index (χ0v) is 10.2. The van der Waals surface area contributed by atoms with Crippen LogP contribution in [0.5, 0.6) is 0 Å². The molecule has 1 aliphatic carbocycles. The highest BCUT2D eigenvalue weighted by Crippen LogP contribution is 2.32.